The zero-order valence-electron chi connectivity index (χ0n) is 17.8. The van der Waals surface area contributed by atoms with E-state index in [1.165, 1.54) is 12.1 Å². The van der Waals surface area contributed by atoms with Crippen LogP contribution in [0.15, 0.2) is 84.9 Å². The fourth-order valence-electron chi connectivity index (χ4n) is 4.63. The molecule has 3 aromatic rings. The van der Waals surface area contributed by atoms with Crippen LogP contribution in [-0.2, 0) is 5.60 Å². The van der Waals surface area contributed by atoms with Crippen molar-refractivity contribution in [3.05, 3.63) is 102 Å². The second-order valence-corrected chi connectivity index (χ2v) is 8.27. The number of piperidine rings is 1. The van der Waals surface area contributed by atoms with Gasteiger partial charge in [0, 0.05) is 12.6 Å². The van der Waals surface area contributed by atoms with Crippen molar-refractivity contribution in [1.29, 1.82) is 0 Å². The molecule has 3 nitrogen and oxygen atoms in total. The summed E-state index contributed by atoms with van der Waals surface area (Å²) in [6, 6.07) is 26.4. The molecule has 31 heavy (non-hydrogen) atoms. The number of halogens is 1. The van der Waals surface area contributed by atoms with Gasteiger partial charge in [0.2, 0.25) is 0 Å². The lowest BCUT2D eigenvalue weighted by Crippen LogP contribution is -2.44. The molecule has 0 bridgehead atoms. The van der Waals surface area contributed by atoms with E-state index >= 15 is 0 Å². The molecule has 0 aromatic heterocycles. The van der Waals surface area contributed by atoms with Gasteiger partial charge in [0.15, 0.2) is 0 Å². The average molecular weight is 420 g/mol. The van der Waals surface area contributed by atoms with Crippen molar-refractivity contribution < 1.29 is 14.2 Å². The number of aliphatic hydroxyl groups is 1. The van der Waals surface area contributed by atoms with Gasteiger partial charge >= 0.3 is 0 Å². The third-order valence-corrected chi connectivity index (χ3v) is 6.29. The van der Waals surface area contributed by atoms with Gasteiger partial charge in [0.1, 0.15) is 17.2 Å². The highest BCUT2D eigenvalue weighted by atomic mass is 19.1. The van der Waals surface area contributed by atoms with Gasteiger partial charge in [-0.3, -0.25) is 0 Å². The molecule has 0 aliphatic carbocycles. The molecule has 4 heteroatoms. The van der Waals surface area contributed by atoms with Crippen molar-refractivity contribution in [2.24, 2.45) is 5.92 Å². The molecule has 1 fully saturated rings. The first kappa shape index (κ1) is 21.5. The Morgan fingerprint density at radius 1 is 0.871 bits per heavy atom. The van der Waals surface area contributed by atoms with Crippen molar-refractivity contribution in [1.82, 2.24) is 4.90 Å². The minimum Gasteiger partial charge on any atom is -0.493 e. The molecule has 4 rings (SSSR count). The standard InChI is InChI=1S/C27H30FNO2/c28-25-13-7-14-26(21-25)31-20-8-17-29-18-15-24(16-19-29)27(30,22-9-3-1-4-10-22)23-11-5-2-6-12-23/h1-7,9-14,21,24,30H,8,15-20H2. The molecule has 1 aliphatic heterocycles. The van der Waals surface area contributed by atoms with E-state index in [-0.39, 0.29) is 11.7 Å². The predicted octanol–water partition coefficient (Wildman–Crippen LogP) is 5.24. The molecule has 1 aliphatic rings. The Bertz CT molecular complexity index is 900. The van der Waals surface area contributed by atoms with Crippen LogP contribution < -0.4 is 4.74 Å². The maximum atomic E-state index is 13.2. The van der Waals surface area contributed by atoms with E-state index in [0.29, 0.717) is 12.4 Å². The van der Waals surface area contributed by atoms with Crippen LogP contribution in [-0.4, -0.2) is 36.2 Å². The first-order valence-corrected chi connectivity index (χ1v) is 11.1. The average Bonchev–Trinajstić information content (AvgIpc) is 2.83. The molecule has 0 spiro atoms. The van der Waals surface area contributed by atoms with E-state index in [0.717, 1.165) is 50.0 Å². The number of ether oxygens (including phenoxy) is 1. The van der Waals surface area contributed by atoms with Crippen molar-refractivity contribution in [2.45, 2.75) is 24.9 Å². The van der Waals surface area contributed by atoms with Gasteiger partial charge in [0.25, 0.3) is 0 Å². The summed E-state index contributed by atoms with van der Waals surface area (Å²) in [6.07, 6.45) is 2.76. The van der Waals surface area contributed by atoms with Gasteiger partial charge in [-0.1, -0.05) is 66.7 Å². The molecule has 0 unspecified atom stereocenters. The molecular weight excluding hydrogens is 389 g/mol. The number of hydrogen-bond donors (Lipinski definition) is 1. The maximum absolute atomic E-state index is 13.2. The van der Waals surface area contributed by atoms with Crippen LogP contribution in [0.25, 0.3) is 0 Å². The SMILES string of the molecule is OC(c1ccccc1)(c1ccccc1)C1CCN(CCCOc2cccc(F)c2)CC1. The van der Waals surface area contributed by atoms with E-state index in [1.807, 2.05) is 60.7 Å². The van der Waals surface area contributed by atoms with Crippen molar-refractivity contribution in [2.75, 3.05) is 26.2 Å². The lowest BCUT2D eigenvalue weighted by molar-refractivity contribution is -0.0146. The first-order valence-electron chi connectivity index (χ1n) is 11.1. The van der Waals surface area contributed by atoms with E-state index in [2.05, 4.69) is 4.90 Å². The highest BCUT2D eigenvalue weighted by Gasteiger charge is 2.41. The Hall–Kier alpha value is -2.69. The number of likely N-dealkylation sites (tertiary alicyclic amines) is 1. The lowest BCUT2D eigenvalue weighted by atomic mass is 9.72. The first-order chi connectivity index (χ1) is 15.2. The minimum atomic E-state index is -0.977. The van der Waals surface area contributed by atoms with Crippen molar-refractivity contribution in [3.8, 4) is 5.75 Å². The molecule has 1 saturated heterocycles. The molecule has 0 amide bonds. The van der Waals surface area contributed by atoms with E-state index in [1.54, 1.807) is 12.1 Å². The van der Waals surface area contributed by atoms with Crippen LogP contribution in [0.1, 0.15) is 30.4 Å². The topological polar surface area (TPSA) is 32.7 Å². The number of benzene rings is 3. The molecule has 1 N–H and O–H groups in total. The maximum Gasteiger partial charge on any atom is 0.126 e. The van der Waals surface area contributed by atoms with Crippen LogP contribution in [0.5, 0.6) is 5.75 Å². The summed E-state index contributed by atoms with van der Waals surface area (Å²) < 4.78 is 18.9. The second kappa shape index (κ2) is 10.1. The van der Waals surface area contributed by atoms with Gasteiger partial charge in [-0.25, -0.2) is 4.39 Å². The zero-order chi connectivity index (χ0) is 21.5. The molecule has 0 saturated carbocycles. The van der Waals surface area contributed by atoms with Crippen molar-refractivity contribution in [3.63, 3.8) is 0 Å². The number of hydrogen-bond acceptors (Lipinski definition) is 3. The van der Waals surface area contributed by atoms with Gasteiger partial charge in [-0.15, -0.1) is 0 Å². The Balaban J connectivity index is 1.34. The Morgan fingerprint density at radius 3 is 2.06 bits per heavy atom. The molecule has 3 aromatic carbocycles. The third kappa shape index (κ3) is 5.15. The zero-order valence-corrected chi connectivity index (χ0v) is 17.8. The molecule has 162 valence electrons. The Labute approximate surface area is 184 Å². The summed E-state index contributed by atoms with van der Waals surface area (Å²) in [5.74, 6) is 0.468. The Morgan fingerprint density at radius 2 is 1.48 bits per heavy atom. The van der Waals surface area contributed by atoms with Crippen molar-refractivity contribution >= 4 is 0 Å². The summed E-state index contributed by atoms with van der Waals surface area (Å²) in [4.78, 5) is 2.43. The van der Waals surface area contributed by atoms with Crippen LogP contribution in [0, 0.1) is 11.7 Å². The van der Waals surface area contributed by atoms with Crippen LogP contribution >= 0.6 is 0 Å². The highest BCUT2D eigenvalue weighted by molar-refractivity contribution is 5.37. The quantitative estimate of drug-likeness (QED) is 0.507. The van der Waals surface area contributed by atoms with Crippen LogP contribution in [0.4, 0.5) is 4.39 Å². The normalized spacial score (nSPS) is 15.7. The smallest absolute Gasteiger partial charge is 0.126 e. The number of nitrogens with zero attached hydrogens (tertiary/aromatic N) is 1. The fourth-order valence-corrected chi connectivity index (χ4v) is 4.63. The molecule has 1 heterocycles. The Kier molecular flexibility index (Phi) is 7.00. The summed E-state index contributed by atoms with van der Waals surface area (Å²) in [7, 11) is 0. The monoisotopic (exact) mass is 419 g/mol. The summed E-state index contributed by atoms with van der Waals surface area (Å²) in [6.45, 7) is 3.41. The van der Waals surface area contributed by atoms with E-state index < -0.39 is 5.60 Å². The summed E-state index contributed by atoms with van der Waals surface area (Å²) >= 11 is 0. The third-order valence-electron chi connectivity index (χ3n) is 6.29. The minimum absolute atomic E-state index is 0.164. The summed E-state index contributed by atoms with van der Waals surface area (Å²) in [5, 5.41) is 12.0. The van der Waals surface area contributed by atoms with Gasteiger partial charge in [0.05, 0.1) is 6.61 Å². The highest BCUT2D eigenvalue weighted by Crippen LogP contribution is 2.41. The molecule has 0 radical (unpaired) electrons. The lowest BCUT2D eigenvalue weighted by Gasteiger charge is -2.42. The second-order valence-electron chi connectivity index (χ2n) is 8.27. The predicted molar refractivity (Wildman–Crippen MR) is 122 cm³/mol. The fraction of sp³-hybridized carbons (Fsp3) is 0.333. The van der Waals surface area contributed by atoms with Gasteiger partial charge in [-0.05, 0) is 61.5 Å². The van der Waals surface area contributed by atoms with E-state index in [9.17, 15) is 9.50 Å². The summed E-state index contributed by atoms with van der Waals surface area (Å²) in [5.41, 5.74) is 0.945. The van der Waals surface area contributed by atoms with Gasteiger partial charge < -0.3 is 14.7 Å². The molecule has 0 atom stereocenters. The van der Waals surface area contributed by atoms with E-state index in [4.69, 9.17) is 4.74 Å². The van der Waals surface area contributed by atoms with Crippen LogP contribution in [0.2, 0.25) is 0 Å². The van der Waals surface area contributed by atoms with Crippen LogP contribution in [0.3, 0.4) is 0 Å². The number of rotatable bonds is 8. The van der Waals surface area contributed by atoms with Gasteiger partial charge in [-0.2, -0.15) is 0 Å². The largest absolute Gasteiger partial charge is 0.493 e. The molecular formula is C27H30FNO2.